The monoisotopic (exact) mass is 420 g/mol. The zero-order valence-electron chi connectivity index (χ0n) is 16.7. The van der Waals surface area contributed by atoms with E-state index in [1.54, 1.807) is 11.9 Å². The Labute approximate surface area is 175 Å². The van der Waals surface area contributed by atoms with Crippen LogP contribution < -0.4 is 14.8 Å². The minimum absolute atomic E-state index is 0.0572. The molecule has 158 valence electrons. The first-order valence-electron chi connectivity index (χ1n) is 10.7. The number of imide groups is 1. The lowest BCUT2D eigenvalue weighted by Gasteiger charge is -2.18. The quantitative estimate of drug-likeness (QED) is 0.303. The molecule has 3 aliphatic rings. The largest absolute Gasteiger partial charge is 0.490 e. The number of unbranched alkanes of at least 4 members (excludes halogenated alkanes) is 2. The van der Waals surface area contributed by atoms with Crippen molar-refractivity contribution >= 4 is 23.8 Å². The standard InChI is InChI=1S/C22H29FN2O3S/c23-18-8-7-17(13-19(18)28-14-15-5-6-15)22(9-10-22)25-29-11-3-1-2-4-16-12-20(26)24-21(16)27/h7-8,13,15-16,25H,1-6,9-12,14H2,(H,24,26,27). The van der Waals surface area contributed by atoms with Crippen LogP contribution in [0.5, 0.6) is 5.75 Å². The predicted molar refractivity (Wildman–Crippen MR) is 111 cm³/mol. The van der Waals surface area contributed by atoms with Crippen molar-refractivity contribution in [2.75, 3.05) is 12.4 Å². The average Bonchev–Trinajstić information content (AvgIpc) is 3.61. The molecule has 2 amide bonds. The minimum Gasteiger partial charge on any atom is -0.490 e. The van der Waals surface area contributed by atoms with Gasteiger partial charge in [0.25, 0.3) is 0 Å². The van der Waals surface area contributed by atoms with Gasteiger partial charge in [-0.2, -0.15) is 0 Å². The molecule has 1 atom stereocenters. The number of benzene rings is 1. The van der Waals surface area contributed by atoms with Crippen LogP contribution >= 0.6 is 11.9 Å². The Bertz CT molecular complexity index is 764. The number of amides is 2. The molecule has 1 aromatic rings. The molecule has 7 heteroatoms. The molecule has 2 aliphatic carbocycles. The van der Waals surface area contributed by atoms with E-state index >= 15 is 0 Å². The maximum atomic E-state index is 14.0. The molecule has 1 unspecified atom stereocenters. The lowest BCUT2D eigenvalue weighted by Crippen LogP contribution is -2.23. The van der Waals surface area contributed by atoms with Crippen molar-refractivity contribution in [2.24, 2.45) is 11.8 Å². The summed E-state index contributed by atoms with van der Waals surface area (Å²) < 4.78 is 23.3. The van der Waals surface area contributed by atoms with Gasteiger partial charge in [-0.05, 0) is 62.1 Å². The summed E-state index contributed by atoms with van der Waals surface area (Å²) in [6, 6.07) is 5.26. The van der Waals surface area contributed by atoms with Crippen LogP contribution in [-0.2, 0) is 15.1 Å². The first-order valence-corrected chi connectivity index (χ1v) is 11.7. The Morgan fingerprint density at radius 2 is 2.03 bits per heavy atom. The Morgan fingerprint density at radius 1 is 1.21 bits per heavy atom. The smallest absolute Gasteiger partial charge is 0.230 e. The number of ether oxygens (including phenoxy) is 1. The number of carbonyl (C=O) groups is 2. The molecular weight excluding hydrogens is 391 g/mol. The minimum atomic E-state index is -0.282. The number of nitrogens with one attached hydrogen (secondary N) is 2. The fourth-order valence-electron chi connectivity index (χ4n) is 3.75. The summed E-state index contributed by atoms with van der Waals surface area (Å²) in [5, 5.41) is 2.37. The molecule has 29 heavy (non-hydrogen) atoms. The van der Waals surface area contributed by atoms with Gasteiger partial charge in [0.1, 0.15) is 0 Å². The molecule has 4 rings (SSSR count). The zero-order valence-corrected chi connectivity index (χ0v) is 17.5. The summed E-state index contributed by atoms with van der Waals surface area (Å²) >= 11 is 1.72. The van der Waals surface area contributed by atoms with E-state index in [9.17, 15) is 14.0 Å². The number of halogens is 1. The predicted octanol–water partition coefficient (Wildman–Crippen LogP) is 4.06. The number of rotatable bonds is 12. The lowest BCUT2D eigenvalue weighted by atomic mass is 10.00. The summed E-state index contributed by atoms with van der Waals surface area (Å²) in [4.78, 5) is 22.7. The number of hydrogen-bond donors (Lipinski definition) is 2. The molecule has 1 aliphatic heterocycles. The number of carbonyl (C=O) groups excluding carboxylic acids is 2. The first kappa shape index (κ1) is 20.7. The van der Waals surface area contributed by atoms with Crippen LogP contribution in [-0.4, -0.2) is 24.2 Å². The van der Waals surface area contributed by atoms with E-state index in [0.717, 1.165) is 49.8 Å². The molecule has 2 N–H and O–H groups in total. The highest BCUT2D eigenvalue weighted by atomic mass is 32.2. The van der Waals surface area contributed by atoms with E-state index in [-0.39, 0.29) is 29.1 Å². The second kappa shape index (κ2) is 9.04. The van der Waals surface area contributed by atoms with Gasteiger partial charge >= 0.3 is 0 Å². The van der Waals surface area contributed by atoms with Gasteiger partial charge in [-0.1, -0.05) is 30.9 Å². The van der Waals surface area contributed by atoms with Crippen molar-refractivity contribution in [3.05, 3.63) is 29.6 Å². The van der Waals surface area contributed by atoms with Crippen LogP contribution in [0.3, 0.4) is 0 Å². The van der Waals surface area contributed by atoms with Gasteiger partial charge in [0, 0.05) is 18.1 Å². The topological polar surface area (TPSA) is 67.4 Å². The lowest BCUT2D eigenvalue weighted by molar-refractivity contribution is -0.125. The van der Waals surface area contributed by atoms with E-state index in [0.29, 0.717) is 24.7 Å². The van der Waals surface area contributed by atoms with Crippen molar-refractivity contribution in [2.45, 2.75) is 63.3 Å². The van der Waals surface area contributed by atoms with Crippen molar-refractivity contribution in [1.29, 1.82) is 0 Å². The second-order valence-corrected chi connectivity index (χ2v) is 9.50. The second-order valence-electron chi connectivity index (χ2n) is 8.60. The highest BCUT2D eigenvalue weighted by Crippen LogP contribution is 2.48. The van der Waals surface area contributed by atoms with Gasteiger partial charge in [-0.15, -0.1) is 0 Å². The summed E-state index contributed by atoms with van der Waals surface area (Å²) in [5.74, 6) is 1.31. The van der Waals surface area contributed by atoms with Gasteiger partial charge in [0.15, 0.2) is 11.6 Å². The third-order valence-electron chi connectivity index (χ3n) is 6.04. The van der Waals surface area contributed by atoms with Gasteiger partial charge in [-0.3, -0.25) is 19.6 Å². The van der Waals surface area contributed by atoms with Crippen molar-refractivity contribution < 1.29 is 18.7 Å². The van der Waals surface area contributed by atoms with E-state index in [2.05, 4.69) is 10.0 Å². The Balaban J connectivity index is 1.16. The highest BCUT2D eigenvalue weighted by molar-refractivity contribution is 7.97. The van der Waals surface area contributed by atoms with Gasteiger partial charge < -0.3 is 4.74 Å². The first-order chi connectivity index (χ1) is 14.1. The maximum Gasteiger partial charge on any atom is 0.230 e. The average molecular weight is 421 g/mol. The Kier molecular flexibility index (Phi) is 6.44. The van der Waals surface area contributed by atoms with Crippen LogP contribution in [0.1, 0.15) is 63.4 Å². The summed E-state index contributed by atoms with van der Waals surface area (Å²) in [6.07, 6.45) is 8.71. The molecule has 3 fully saturated rings. The van der Waals surface area contributed by atoms with Crippen molar-refractivity contribution in [1.82, 2.24) is 10.0 Å². The molecule has 0 aromatic heterocycles. The van der Waals surface area contributed by atoms with E-state index in [1.165, 1.54) is 18.9 Å². The molecule has 1 saturated heterocycles. The fraction of sp³-hybridized carbons (Fsp3) is 0.636. The third-order valence-corrected chi connectivity index (χ3v) is 7.06. The zero-order chi connectivity index (χ0) is 20.3. The Morgan fingerprint density at radius 3 is 2.72 bits per heavy atom. The van der Waals surface area contributed by atoms with Crippen molar-refractivity contribution in [3.63, 3.8) is 0 Å². The summed E-state index contributed by atoms with van der Waals surface area (Å²) in [5.41, 5.74) is 1.05. The molecular formula is C22H29FN2O3S. The Hall–Kier alpha value is -1.60. The van der Waals surface area contributed by atoms with E-state index < -0.39 is 0 Å². The molecule has 5 nitrogen and oxygen atoms in total. The van der Waals surface area contributed by atoms with E-state index in [4.69, 9.17) is 4.74 Å². The number of hydrogen-bond acceptors (Lipinski definition) is 5. The molecule has 0 radical (unpaired) electrons. The van der Waals surface area contributed by atoms with Gasteiger partial charge in [0.2, 0.25) is 11.8 Å². The van der Waals surface area contributed by atoms with Gasteiger partial charge in [0.05, 0.1) is 12.1 Å². The molecule has 0 bridgehead atoms. The van der Waals surface area contributed by atoms with Crippen LogP contribution in [0.4, 0.5) is 4.39 Å². The van der Waals surface area contributed by atoms with Crippen LogP contribution in [0.2, 0.25) is 0 Å². The van der Waals surface area contributed by atoms with Crippen molar-refractivity contribution in [3.8, 4) is 5.75 Å². The normalized spacial score (nSPS) is 22.6. The molecule has 0 spiro atoms. The van der Waals surface area contributed by atoms with E-state index in [1.807, 2.05) is 12.1 Å². The summed E-state index contributed by atoms with van der Waals surface area (Å²) in [6.45, 7) is 0.617. The maximum absolute atomic E-state index is 14.0. The molecule has 1 heterocycles. The summed E-state index contributed by atoms with van der Waals surface area (Å²) in [7, 11) is 0. The van der Waals surface area contributed by atoms with Crippen LogP contribution in [0.15, 0.2) is 18.2 Å². The molecule has 1 aromatic carbocycles. The highest BCUT2D eigenvalue weighted by Gasteiger charge is 2.44. The SMILES string of the molecule is O=C1CC(CCCCCSNC2(c3ccc(F)c(OCC4CC4)c3)CC2)C(=O)N1. The third kappa shape index (κ3) is 5.51. The van der Waals surface area contributed by atoms with Crippen LogP contribution in [0.25, 0.3) is 0 Å². The van der Waals surface area contributed by atoms with Crippen LogP contribution in [0, 0.1) is 17.7 Å². The van der Waals surface area contributed by atoms with Gasteiger partial charge in [-0.25, -0.2) is 4.39 Å². The molecule has 2 saturated carbocycles. The fourth-order valence-corrected chi connectivity index (χ4v) is 4.80.